The Labute approximate surface area is 271 Å². The van der Waals surface area contributed by atoms with Crippen molar-refractivity contribution in [1.29, 1.82) is 0 Å². The molecule has 254 valence electrons. The summed E-state index contributed by atoms with van der Waals surface area (Å²) in [6, 6.07) is 6.37. The first-order valence-electron chi connectivity index (χ1n) is 16.5. The van der Waals surface area contributed by atoms with Crippen LogP contribution in [0.2, 0.25) is 36.3 Å². The van der Waals surface area contributed by atoms with Crippen molar-refractivity contribution in [1.82, 2.24) is 4.90 Å². The Balaban J connectivity index is 2.62. The van der Waals surface area contributed by atoms with Crippen LogP contribution in [0.3, 0.4) is 0 Å². The predicted molar refractivity (Wildman–Crippen MR) is 186 cm³/mol. The lowest BCUT2D eigenvalue weighted by atomic mass is 9.87. The van der Waals surface area contributed by atoms with Crippen molar-refractivity contribution in [3.05, 3.63) is 29.3 Å². The molecule has 2 unspecified atom stereocenters. The van der Waals surface area contributed by atoms with Crippen LogP contribution in [-0.2, 0) is 20.5 Å². The van der Waals surface area contributed by atoms with Gasteiger partial charge in [-0.2, -0.15) is 0 Å². The summed E-state index contributed by atoms with van der Waals surface area (Å²) in [4.78, 5) is 26.8. The van der Waals surface area contributed by atoms with E-state index in [-0.39, 0.29) is 28.4 Å². The fourth-order valence-electron chi connectivity index (χ4n) is 4.81. The highest BCUT2D eigenvalue weighted by atomic mass is 28.4. The van der Waals surface area contributed by atoms with Crippen LogP contribution < -0.4 is 4.74 Å². The lowest BCUT2D eigenvalue weighted by Crippen LogP contribution is -2.50. The van der Waals surface area contributed by atoms with E-state index in [0.717, 1.165) is 36.1 Å². The zero-order valence-electron chi connectivity index (χ0n) is 30.8. The van der Waals surface area contributed by atoms with Crippen LogP contribution in [-0.4, -0.2) is 63.0 Å². The van der Waals surface area contributed by atoms with Crippen LogP contribution >= 0.6 is 0 Å². The highest BCUT2D eigenvalue weighted by Crippen LogP contribution is 2.46. The van der Waals surface area contributed by atoms with E-state index >= 15 is 0 Å². The highest BCUT2D eigenvalue weighted by molar-refractivity contribution is 6.74. The third kappa shape index (κ3) is 11.1. The molecule has 0 bridgehead atoms. The Morgan fingerprint density at radius 2 is 1.61 bits per heavy atom. The number of nitrogens with zero attached hydrogens (tertiary/aromatic N) is 1. The number of carbonyl (C=O) groups excluding carboxylic acids is 1. The van der Waals surface area contributed by atoms with Crippen LogP contribution in [0.1, 0.15) is 119 Å². The fourth-order valence-corrected chi connectivity index (χ4v) is 6.51. The average Bonchev–Trinajstić information content (AvgIpc) is 2.83. The van der Waals surface area contributed by atoms with E-state index in [1.807, 2.05) is 65.6 Å². The minimum absolute atomic E-state index is 0.0535. The maximum absolute atomic E-state index is 13.6. The summed E-state index contributed by atoms with van der Waals surface area (Å²) >= 11 is 0. The molecular formula is C35H65NO6Si2. The molecule has 9 heteroatoms. The van der Waals surface area contributed by atoms with Gasteiger partial charge in [-0.1, -0.05) is 40.7 Å². The highest BCUT2D eigenvalue weighted by Gasteiger charge is 2.42. The van der Waals surface area contributed by atoms with Crippen molar-refractivity contribution < 1.29 is 28.2 Å². The van der Waals surface area contributed by atoms with Crippen molar-refractivity contribution in [2.75, 3.05) is 13.2 Å². The molecule has 7 nitrogen and oxygen atoms in total. The number of hydrogen-bond donors (Lipinski definition) is 1. The van der Waals surface area contributed by atoms with Crippen molar-refractivity contribution in [2.24, 2.45) is 0 Å². The van der Waals surface area contributed by atoms with Gasteiger partial charge in [0.25, 0.3) is 0 Å². The molecule has 1 aromatic rings. The number of hydrogen-bond acceptors (Lipinski definition) is 6. The van der Waals surface area contributed by atoms with Gasteiger partial charge < -0.3 is 28.3 Å². The first-order valence-corrected chi connectivity index (χ1v) is 22.4. The molecule has 0 aliphatic carbocycles. The smallest absolute Gasteiger partial charge is 0.410 e. The van der Waals surface area contributed by atoms with Gasteiger partial charge in [0.15, 0.2) is 22.9 Å². The minimum Gasteiger partial charge on any atom is -0.465 e. The van der Waals surface area contributed by atoms with E-state index in [4.69, 9.17) is 18.6 Å². The number of rotatable bonds is 11. The summed E-state index contributed by atoms with van der Waals surface area (Å²) in [7, 11) is -4.60. The van der Waals surface area contributed by atoms with Gasteiger partial charge in [-0.25, -0.2) is 4.79 Å². The van der Waals surface area contributed by atoms with Crippen LogP contribution in [0.5, 0.6) is 5.75 Å². The monoisotopic (exact) mass is 651 g/mol. The van der Waals surface area contributed by atoms with E-state index in [1.165, 1.54) is 0 Å². The Hall–Kier alpha value is -1.40. The molecule has 0 spiro atoms. The van der Waals surface area contributed by atoms with E-state index in [1.54, 1.807) is 0 Å². The summed E-state index contributed by atoms with van der Waals surface area (Å²) in [5, 5.41) is -0.235. The predicted octanol–water partition coefficient (Wildman–Crippen LogP) is 9.60. The van der Waals surface area contributed by atoms with Gasteiger partial charge in [-0.15, -0.1) is 0 Å². The lowest BCUT2D eigenvalue weighted by molar-refractivity contribution is -0.106. The SMILES string of the molecule is CC(C)(C)OC(=O)N(CC(CC(C)(C)[Si](C)(C)O)c1ccc(OC2CCCCO2)c(CO[Si](C)(C)C(C)(C)C)c1)C(C)(C)C. The van der Waals surface area contributed by atoms with Crippen molar-refractivity contribution in [3.8, 4) is 5.75 Å². The van der Waals surface area contributed by atoms with Crippen molar-refractivity contribution >= 4 is 22.7 Å². The first kappa shape index (κ1) is 38.8. The normalized spacial score (nSPS) is 18.1. The number of carbonyl (C=O) groups is 1. The topological polar surface area (TPSA) is 77.5 Å². The molecule has 2 atom stereocenters. The van der Waals surface area contributed by atoms with E-state index in [0.29, 0.717) is 26.2 Å². The zero-order chi connectivity index (χ0) is 33.9. The maximum Gasteiger partial charge on any atom is 0.410 e. The van der Waals surface area contributed by atoms with Gasteiger partial charge in [0, 0.05) is 30.0 Å². The second-order valence-electron chi connectivity index (χ2n) is 17.4. The molecule has 1 aromatic carbocycles. The quantitative estimate of drug-likeness (QED) is 0.240. The Morgan fingerprint density at radius 3 is 2.09 bits per heavy atom. The molecule has 2 rings (SSSR count). The molecular weight excluding hydrogens is 587 g/mol. The van der Waals surface area contributed by atoms with Crippen LogP contribution in [0.15, 0.2) is 18.2 Å². The molecule has 0 radical (unpaired) electrons. The third-order valence-electron chi connectivity index (χ3n) is 9.59. The molecule has 44 heavy (non-hydrogen) atoms. The zero-order valence-corrected chi connectivity index (χ0v) is 32.8. The van der Waals surface area contributed by atoms with Gasteiger partial charge in [0.2, 0.25) is 0 Å². The summed E-state index contributed by atoms with van der Waals surface area (Å²) in [6.07, 6.45) is 3.14. The average molecular weight is 652 g/mol. The van der Waals surface area contributed by atoms with Gasteiger partial charge >= 0.3 is 6.09 Å². The van der Waals surface area contributed by atoms with Crippen molar-refractivity contribution in [2.45, 2.75) is 168 Å². The van der Waals surface area contributed by atoms with E-state index in [9.17, 15) is 9.59 Å². The van der Waals surface area contributed by atoms with Gasteiger partial charge in [-0.3, -0.25) is 0 Å². The van der Waals surface area contributed by atoms with Gasteiger partial charge in [0.1, 0.15) is 11.4 Å². The molecule has 1 aliphatic rings. The van der Waals surface area contributed by atoms with Crippen LogP contribution in [0.4, 0.5) is 4.79 Å². The minimum atomic E-state index is -2.55. The molecule has 0 aromatic heterocycles. The molecule has 0 saturated carbocycles. The summed E-state index contributed by atoms with van der Waals surface area (Å²) < 4.78 is 25.0. The molecule has 1 fully saturated rings. The number of benzene rings is 1. The molecule has 1 amide bonds. The van der Waals surface area contributed by atoms with E-state index in [2.05, 4.69) is 59.8 Å². The Morgan fingerprint density at radius 1 is 1.00 bits per heavy atom. The lowest BCUT2D eigenvalue weighted by Gasteiger charge is -2.42. The maximum atomic E-state index is 13.6. The Bertz CT molecular complexity index is 1090. The number of ether oxygens (including phenoxy) is 3. The van der Waals surface area contributed by atoms with E-state index < -0.39 is 27.8 Å². The Kier molecular flexibility index (Phi) is 12.5. The summed E-state index contributed by atoms with van der Waals surface area (Å²) in [5.41, 5.74) is 1.01. The van der Waals surface area contributed by atoms with Crippen molar-refractivity contribution in [3.63, 3.8) is 0 Å². The van der Waals surface area contributed by atoms with Gasteiger partial charge in [-0.05, 0) is 115 Å². The first-order chi connectivity index (χ1) is 19.7. The van der Waals surface area contributed by atoms with Crippen LogP contribution in [0, 0.1) is 0 Å². The second kappa shape index (κ2) is 14.2. The summed E-state index contributed by atoms with van der Waals surface area (Å²) in [5.74, 6) is 0.733. The molecule has 1 aliphatic heterocycles. The molecule has 1 N–H and O–H groups in total. The van der Waals surface area contributed by atoms with Crippen LogP contribution in [0.25, 0.3) is 0 Å². The number of amides is 1. The second-order valence-corrected chi connectivity index (χ2v) is 26.7. The largest absolute Gasteiger partial charge is 0.465 e. The fraction of sp³-hybridized carbons (Fsp3) is 0.800. The standard InChI is InChI=1S/C35H65NO6Si2/c1-32(2,3)36(31(37)42-33(4,5)6)24-28(23-35(10,11)43(12,13)38)26-19-20-29(41-30-18-16-17-21-39-30)27(22-26)25-40-44(14,15)34(7,8)9/h19-20,22,28,30,38H,16-18,21,23-25H2,1-15H3. The third-order valence-corrected chi connectivity index (χ3v) is 17.6. The van der Waals surface area contributed by atoms with Gasteiger partial charge in [0.05, 0.1) is 13.2 Å². The summed E-state index contributed by atoms with van der Waals surface area (Å²) in [6.45, 7) is 33.0. The molecule has 1 saturated heterocycles. The molecule has 1 heterocycles.